The maximum atomic E-state index is 14.0. The summed E-state index contributed by atoms with van der Waals surface area (Å²) in [5.41, 5.74) is 2.95. The highest BCUT2D eigenvalue weighted by Crippen LogP contribution is 2.49. The van der Waals surface area contributed by atoms with Gasteiger partial charge in [-0.05, 0) is 111 Å². The van der Waals surface area contributed by atoms with E-state index in [1.165, 1.54) is 11.1 Å². The minimum absolute atomic E-state index is 0.0329. The summed E-state index contributed by atoms with van der Waals surface area (Å²) in [6, 6.07) is 11.8. The molecule has 8 nitrogen and oxygen atoms in total. The van der Waals surface area contributed by atoms with Gasteiger partial charge in [0.1, 0.15) is 11.4 Å². The van der Waals surface area contributed by atoms with Crippen LogP contribution in [0.3, 0.4) is 0 Å². The molecule has 7 rings (SSSR count). The molecule has 5 aliphatic rings. The molecule has 2 aromatic rings. The Morgan fingerprint density at radius 2 is 1.89 bits per heavy atom. The zero-order valence-corrected chi connectivity index (χ0v) is 32.9. The van der Waals surface area contributed by atoms with Gasteiger partial charge in [-0.15, -0.1) is 0 Å². The molecule has 1 saturated heterocycles. The number of nitrogens with one attached hydrogen (secondary N) is 1. The van der Waals surface area contributed by atoms with Crippen molar-refractivity contribution in [3.05, 3.63) is 70.3 Å². The summed E-state index contributed by atoms with van der Waals surface area (Å²) in [6.45, 7) is 8.98. The van der Waals surface area contributed by atoms with Gasteiger partial charge < -0.3 is 14.4 Å². The number of fused-ring (bicyclic) bond motifs is 4. The van der Waals surface area contributed by atoms with Gasteiger partial charge >= 0.3 is 0 Å². The fourth-order valence-corrected chi connectivity index (χ4v) is 11.3. The molecule has 3 heterocycles. The van der Waals surface area contributed by atoms with Gasteiger partial charge in [0.2, 0.25) is 0 Å². The van der Waals surface area contributed by atoms with Crippen LogP contribution in [0.15, 0.2) is 48.6 Å². The number of halogens is 3. The lowest BCUT2D eigenvalue weighted by Gasteiger charge is -2.52. The predicted octanol–water partition coefficient (Wildman–Crippen LogP) is 6.45. The van der Waals surface area contributed by atoms with Gasteiger partial charge in [0, 0.05) is 74.2 Å². The Labute approximate surface area is 319 Å². The maximum absolute atomic E-state index is 14.0. The number of carbonyl (C=O) groups excluding carboxylic acids is 1. The van der Waals surface area contributed by atoms with Crippen LogP contribution in [-0.2, 0) is 26.3 Å². The molecule has 2 bridgehead atoms. The van der Waals surface area contributed by atoms with Gasteiger partial charge in [-0.2, -0.15) is 0 Å². The summed E-state index contributed by atoms with van der Waals surface area (Å²) in [7, 11) is -1.20. The summed E-state index contributed by atoms with van der Waals surface area (Å²) in [4.78, 5) is 20.4. The van der Waals surface area contributed by atoms with Crippen molar-refractivity contribution in [2.75, 3.05) is 71.0 Å². The number of ether oxygens (including phenoxy) is 2. The molecule has 2 aromatic carbocycles. The standard InChI is InChI=1S/C41H55ClF2N4O4S/c1-28-7-5-16-41(51-3,26-47-19-17-46(18-20-47)24-38(43)44)35-12-9-32(35)23-48-25-40(15-6-8-30-21-33(42)11-13-34(30)40)27-52-37-14-10-31(22-36(37)48)39(49)45-53(4,50)29(28)2/h5,10-11,13-14,16,21-22,28-29,32,35,38H,4,6-9,12,15,17-20,23-27H2,1-3H3,(H,45,49,50)/b16-5+/t28-,29+,32-,35+,40-,41-,53?/m0/s1. The minimum Gasteiger partial charge on any atom is -0.490 e. The number of rotatable bonds is 5. The molecule has 12 heteroatoms. The average Bonchev–Trinajstić information content (AvgIpc) is 3.26. The molecule has 0 aromatic heterocycles. The number of carbonyl (C=O) groups is 1. The number of hydrogen-bond acceptors (Lipinski definition) is 7. The molecule has 7 atom stereocenters. The van der Waals surface area contributed by atoms with E-state index >= 15 is 0 Å². The number of alkyl halides is 2. The molecule has 1 unspecified atom stereocenters. The molecule has 53 heavy (non-hydrogen) atoms. The second-order valence-electron chi connectivity index (χ2n) is 16.3. The lowest BCUT2D eigenvalue weighted by molar-refractivity contribution is -0.0963. The Morgan fingerprint density at radius 1 is 1.11 bits per heavy atom. The number of allylic oxidation sites excluding steroid dienone is 1. The molecule has 1 spiro atoms. The smallest absolute Gasteiger partial charge is 0.262 e. The van der Waals surface area contributed by atoms with Crippen molar-refractivity contribution < 1.29 is 27.3 Å². The second-order valence-corrected chi connectivity index (χ2v) is 19.2. The molecule has 2 aliphatic carbocycles. The van der Waals surface area contributed by atoms with Crippen molar-refractivity contribution in [2.45, 2.75) is 75.1 Å². The van der Waals surface area contributed by atoms with Crippen molar-refractivity contribution in [3.63, 3.8) is 0 Å². The lowest BCUT2D eigenvalue weighted by Crippen LogP contribution is -2.59. The molecule has 1 N–H and O–H groups in total. The van der Waals surface area contributed by atoms with Crippen LogP contribution in [0.5, 0.6) is 5.75 Å². The zero-order valence-electron chi connectivity index (χ0n) is 31.3. The second kappa shape index (κ2) is 15.4. The van der Waals surface area contributed by atoms with Crippen molar-refractivity contribution in [1.29, 1.82) is 0 Å². The number of benzene rings is 2. The molecule has 1 saturated carbocycles. The minimum atomic E-state index is -3.00. The molecule has 2 fully saturated rings. The third-order valence-corrected chi connectivity index (χ3v) is 15.5. The molecule has 1 amide bonds. The predicted molar refractivity (Wildman–Crippen MR) is 210 cm³/mol. The molecular weight excluding hydrogens is 718 g/mol. The number of nitrogens with zero attached hydrogens (tertiary/aromatic N) is 3. The van der Waals surface area contributed by atoms with E-state index in [2.05, 4.69) is 44.7 Å². The van der Waals surface area contributed by atoms with Crippen LogP contribution in [0.1, 0.15) is 67.4 Å². The quantitative estimate of drug-likeness (QED) is 0.277. The summed E-state index contributed by atoms with van der Waals surface area (Å²) in [6.07, 6.45) is 7.70. The monoisotopic (exact) mass is 772 g/mol. The first kappa shape index (κ1) is 38.6. The Morgan fingerprint density at radius 3 is 2.60 bits per heavy atom. The van der Waals surface area contributed by atoms with E-state index in [0.717, 1.165) is 55.1 Å². The SMILES string of the molecule is C=S1(=O)NC(=O)c2ccc3c(c2)N(C[C@@H]2CC[C@H]2[C@](CN2CCN(CC(F)F)CC2)(OC)/C=C/C[C@H](C)[C@H]1C)C[C@@]1(CCCc2cc(Cl)ccc21)CO3. The van der Waals surface area contributed by atoms with Gasteiger partial charge in [0.25, 0.3) is 12.3 Å². The number of methoxy groups -OCH3 is 1. The zero-order chi connectivity index (χ0) is 37.5. The van der Waals surface area contributed by atoms with Gasteiger partial charge in [0.15, 0.2) is 0 Å². The largest absolute Gasteiger partial charge is 0.490 e. The van der Waals surface area contributed by atoms with Gasteiger partial charge in [-0.1, -0.05) is 36.7 Å². The average molecular weight is 773 g/mol. The van der Waals surface area contributed by atoms with E-state index in [1.807, 2.05) is 36.9 Å². The number of anilines is 1. The van der Waals surface area contributed by atoms with E-state index in [9.17, 15) is 17.8 Å². The Kier molecular flexibility index (Phi) is 11.2. The summed E-state index contributed by atoms with van der Waals surface area (Å²) < 4.78 is 56.6. The highest BCUT2D eigenvalue weighted by atomic mass is 35.5. The summed E-state index contributed by atoms with van der Waals surface area (Å²) in [5.74, 6) is 4.82. The van der Waals surface area contributed by atoms with Crippen LogP contribution in [-0.4, -0.2) is 109 Å². The van der Waals surface area contributed by atoms with Crippen LogP contribution in [0.2, 0.25) is 5.02 Å². The number of amides is 1. The van der Waals surface area contributed by atoms with Crippen molar-refractivity contribution >= 4 is 38.8 Å². The van der Waals surface area contributed by atoms with Crippen LogP contribution >= 0.6 is 11.6 Å². The number of hydrogen-bond donors (Lipinski definition) is 1. The van der Waals surface area contributed by atoms with Crippen LogP contribution < -0.4 is 14.4 Å². The topological polar surface area (TPSA) is 74.4 Å². The van der Waals surface area contributed by atoms with Gasteiger partial charge in [-0.3, -0.25) is 19.3 Å². The van der Waals surface area contributed by atoms with Crippen LogP contribution in [0.25, 0.3) is 0 Å². The first-order chi connectivity index (χ1) is 25.3. The van der Waals surface area contributed by atoms with E-state index in [4.69, 9.17) is 21.1 Å². The maximum Gasteiger partial charge on any atom is 0.262 e. The van der Waals surface area contributed by atoms with E-state index < -0.39 is 27.6 Å². The van der Waals surface area contributed by atoms with Crippen LogP contribution in [0, 0.1) is 17.8 Å². The van der Waals surface area contributed by atoms with E-state index in [-0.39, 0.29) is 35.0 Å². The first-order valence-corrected chi connectivity index (χ1v) is 21.4. The van der Waals surface area contributed by atoms with Crippen molar-refractivity contribution in [3.8, 4) is 5.75 Å². The van der Waals surface area contributed by atoms with Crippen molar-refractivity contribution in [1.82, 2.24) is 14.5 Å². The Bertz CT molecular complexity index is 1800. The first-order valence-electron chi connectivity index (χ1n) is 19.3. The summed E-state index contributed by atoms with van der Waals surface area (Å²) in [5, 5.41) is 0.349. The highest BCUT2D eigenvalue weighted by Gasteiger charge is 2.50. The molecule has 0 radical (unpaired) electrons. The number of piperazine rings is 1. The highest BCUT2D eigenvalue weighted by molar-refractivity contribution is 7.99. The molecule has 290 valence electrons. The molecule has 3 aliphatic heterocycles. The third kappa shape index (κ3) is 7.88. The third-order valence-electron chi connectivity index (χ3n) is 13.1. The van der Waals surface area contributed by atoms with Gasteiger partial charge in [0.05, 0.1) is 28.5 Å². The van der Waals surface area contributed by atoms with Gasteiger partial charge in [-0.25, -0.2) is 13.0 Å². The van der Waals surface area contributed by atoms with E-state index in [0.29, 0.717) is 57.9 Å². The molecular formula is C41H55ClF2N4O4S. The van der Waals surface area contributed by atoms with Crippen molar-refractivity contribution in [2.24, 2.45) is 17.8 Å². The lowest BCUT2D eigenvalue weighted by atomic mass is 9.63. The fraction of sp³-hybridized carbons (Fsp3) is 0.610. The summed E-state index contributed by atoms with van der Waals surface area (Å²) >= 11 is 6.49. The van der Waals surface area contributed by atoms with E-state index in [1.54, 1.807) is 13.2 Å². The van der Waals surface area contributed by atoms with Crippen LogP contribution in [0.4, 0.5) is 14.5 Å². The normalized spacial score (nSPS) is 34.7. The Balaban J connectivity index is 1.27. The fourth-order valence-electron chi connectivity index (χ4n) is 9.58. The number of aryl methyl sites for hydroxylation is 1. The Hall–Kier alpha value is -2.70.